The molecule has 2 heteroatoms. The van der Waals surface area contributed by atoms with Crippen molar-refractivity contribution in [3.8, 4) is 12.3 Å². The van der Waals surface area contributed by atoms with Crippen LogP contribution in [0.3, 0.4) is 0 Å². The highest BCUT2D eigenvalue weighted by molar-refractivity contribution is 4.92. The molecule has 0 bridgehead atoms. The Morgan fingerprint density at radius 1 is 1.31 bits per heavy atom. The summed E-state index contributed by atoms with van der Waals surface area (Å²) < 4.78 is 0. The van der Waals surface area contributed by atoms with Crippen molar-refractivity contribution in [2.24, 2.45) is 11.8 Å². The third-order valence-corrected chi connectivity index (χ3v) is 3.10. The average Bonchev–Trinajstić information content (AvgIpc) is 3.00. The van der Waals surface area contributed by atoms with E-state index in [1.807, 2.05) is 0 Å². The monoisotopic (exact) mass is 222 g/mol. The summed E-state index contributed by atoms with van der Waals surface area (Å²) in [6.07, 6.45) is 8.22. The summed E-state index contributed by atoms with van der Waals surface area (Å²) in [5.41, 5.74) is 0. The molecule has 92 valence electrons. The predicted octanol–water partition coefficient (Wildman–Crippen LogP) is 1.97. The van der Waals surface area contributed by atoms with Gasteiger partial charge in [-0.1, -0.05) is 19.8 Å². The van der Waals surface area contributed by atoms with E-state index in [1.54, 1.807) is 0 Å². The normalized spacial score (nSPS) is 17.8. The highest BCUT2D eigenvalue weighted by Crippen LogP contribution is 2.30. The van der Waals surface area contributed by atoms with Crippen LogP contribution in [-0.4, -0.2) is 37.1 Å². The second-order valence-electron chi connectivity index (χ2n) is 5.48. The molecule has 0 aliphatic heterocycles. The summed E-state index contributed by atoms with van der Waals surface area (Å²) >= 11 is 0. The lowest BCUT2D eigenvalue weighted by Gasteiger charge is -2.27. The van der Waals surface area contributed by atoms with Crippen LogP contribution < -0.4 is 5.32 Å². The molecule has 0 radical (unpaired) electrons. The van der Waals surface area contributed by atoms with E-state index in [1.165, 1.54) is 19.4 Å². The SMILES string of the molecule is C#CCN(CC1CC1)C(C)CNCC(C)C. The zero-order chi connectivity index (χ0) is 12.0. The molecule has 0 heterocycles. The van der Waals surface area contributed by atoms with E-state index in [0.29, 0.717) is 6.04 Å². The van der Waals surface area contributed by atoms with E-state index >= 15 is 0 Å². The van der Waals surface area contributed by atoms with Gasteiger partial charge in [-0.2, -0.15) is 0 Å². The van der Waals surface area contributed by atoms with Crippen molar-refractivity contribution in [2.45, 2.75) is 39.7 Å². The van der Waals surface area contributed by atoms with Crippen molar-refractivity contribution >= 4 is 0 Å². The molecule has 1 fully saturated rings. The van der Waals surface area contributed by atoms with Crippen LogP contribution in [0.2, 0.25) is 0 Å². The summed E-state index contributed by atoms with van der Waals surface area (Å²) in [4.78, 5) is 2.44. The highest BCUT2D eigenvalue weighted by Gasteiger charge is 2.25. The number of hydrogen-bond donors (Lipinski definition) is 1. The molecular formula is C14H26N2. The predicted molar refractivity (Wildman–Crippen MR) is 70.3 cm³/mol. The van der Waals surface area contributed by atoms with Gasteiger partial charge in [0.2, 0.25) is 0 Å². The molecule has 2 nitrogen and oxygen atoms in total. The smallest absolute Gasteiger partial charge is 0.0601 e. The Labute approximate surface area is 101 Å². The van der Waals surface area contributed by atoms with Crippen molar-refractivity contribution in [1.82, 2.24) is 10.2 Å². The maximum absolute atomic E-state index is 5.43. The maximum atomic E-state index is 5.43. The van der Waals surface area contributed by atoms with Gasteiger partial charge >= 0.3 is 0 Å². The molecule has 1 aliphatic rings. The first kappa shape index (κ1) is 13.5. The zero-order valence-electron chi connectivity index (χ0n) is 11.0. The van der Waals surface area contributed by atoms with Gasteiger partial charge in [0.15, 0.2) is 0 Å². The van der Waals surface area contributed by atoms with E-state index < -0.39 is 0 Å². The molecule has 1 rings (SSSR count). The number of terminal acetylenes is 1. The molecule has 0 aromatic rings. The van der Waals surface area contributed by atoms with Crippen molar-refractivity contribution in [1.29, 1.82) is 0 Å². The van der Waals surface area contributed by atoms with Crippen LogP contribution in [0.25, 0.3) is 0 Å². The largest absolute Gasteiger partial charge is 0.315 e. The minimum absolute atomic E-state index is 0.551. The topological polar surface area (TPSA) is 15.3 Å². The fourth-order valence-electron chi connectivity index (χ4n) is 1.86. The molecule has 0 aromatic carbocycles. The summed E-state index contributed by atoms with van der Waals surface area (Å²) in [5.74, 6) is 4.42. The third-order valence-electron chi connectivity index (χ3n) is 3.10. The van der Waals surface area contributed by atoms with Crippen molar-refractivity contribution in [3.63, 3.8) is 0 Å². The number of rotatable bonds is 8. The van der Waals surface area contributed by atoms with E-state index in [2.05, 4.69) is 36.9 Å². The van der Waals surface area contributed by atoms with Crippen LogP contribution in [0.1, 0.15) is 33.6 Å². The Bertz CT molecular complexity index is 225. The summed E-state index contributed by atoms with van der Waals surface area (Å²) in [5, 5.41) is 3.51. The highest BCUT2D eigenvalue weighted by atomic mass is 15.2. The Morgan fingerprint density at radius 3 is 2.50 bits per heavy atom. The van der Waals surface area contributed by atoms with Crippen LogP contribution in [-0.2, 0) is 0 Å². The van der Waals surface area contributed by atoms with Gasteiger partial charge in [0.25, 0.3) is 0 Å². The first-order valence-electron chi connectivity index (χ1n) is 6.51. The Kier molecular flexibility index (Phi) is 5.87. The Hall–Kier alpha value is -0.520. The maximum Gasteiger partial charge on any atom is 0.0601 e. The molecule has 1 unspecified atom stereocenters. The van der Waals surface area contributed by atoms with E-state index in [-0.39, 0.29) is 0 Å². The van der Waals surface area contributed by atoms with Crippen LogP contribution in [0.4, 0.5) is 0 Å². The minimum atomic E-state index is 0.551. The summed E-state index contributed by atoms with van der Waals surface area (Å²) in [6.45, 7) is 10.9. The third kappa shape index (κ3) is 5.53. The number of nitrogens with zero attached hydrogens (tertiary/aromatic N) is 1. The molecule has 0 aromatic heterocycles. The lowest BCUT2D eigenvalue weighted by molar-refractivity contribution is 0.219. The fourth-order valence-corrected chi connectivity index (χ4v) is 1.86. The summed E-state index contributed by atoms with van der Waals surface area (Å²) in [7, 11) is 0. The van der Waals surface area contributed by atoms with Crippen LogP contribution in [0.5, 0.6) is 0 Å². The standard InChI is InChI=1S/C14H26N2/c1-5-8-16(11-14-6-7-14)13(4)10-15-9-12(2)3/h1,12-15H,6-11H2,2-4H3. The molecule has 1 N–H and O–H groups in total. The number of hydrogen-bond acceptors (Lipinski definition) is 2. The van der Waals surface area contributed by atoms with Gasteiger partial charge in [0.05, 0.1) is 6.54 Å². The lowest BCUT2D eigenvalue weighted by Crippen LogP contribution is -2.42. The molecule has 0 spiro atoms. The zero-order valence-corrected chi connectivity index (χ0v) is 11.0. The summed E-state index contributed by atoms with van der Waals surface area (Å²) in [6, 6.07) is 0.551. The van der Waals surface area contributed by atoms with Gasteiger partial charge in [-0.15, -0.1) is 6.42 Å². The van der Waals surface area contributed by atoms with Crippen molar-refractivity contribution in [3.05, 3.63) is 0 Å². The van der Waals surface area contributed by atoms with Crippen LogP contribution in [0, 0.1) is 24.2 Å². The van der Waals surface area contributed by atoms with E-state index in [4.69, 9.17) is 6.42 Å². The van der Waals surface area contributed by atoms with Gasteiger partial charge in [-0.05, 0) is 38.1 Å². The molecule has 1 saturated carbocycles. The molecule has 1 aliphatic carbocycles. The molecular weight excluding hydrogens is 196 g/mol. The lowest BCUT2D eigenvalue weighted by atomic mass is 10.2. The van der Waals surface area contributed by atoms with E-state index in [9.17, 15) is 0 Å². The average molecular weight is 222 g/mol. The first-order chi connectivity index (χ1) is 7.63. The van der Waals surface area contributed by atoms with Crippen LogP contribution in [0.15, 0.2) is 0 Å². The Morgan fingerprint density at radius 2 is 2.00 bits per heavy atom. The molecule has 16 heavy (non-hydrogen) atoms. The van der Waals surface area contributed by atoms with Gasteiger partial charge in [-0.25, -0.2) is 0 Å². The van der Waals surface area contributed by atoms with Gasteiger partial charge < -0.3 is 5.32 Å². The van der Waals surface area contributed by atoms with Gasteiger partial charge in [0, 0.05) is 19.1 Å². The number of nitrogens with one attached hydrogen (secondary N) is 1. The Balaban J connectivity index is 2.22. The second kappa shape index (κ2) is 6.93. The van der Waals surface area contributed by atoms with Crippen molar-refractivity contribution in [2.75, 3.05) is 26.2 Å². The second-order valence-corrected chi connectivity index (χ2v) is 5.48. The van der Waals surface area contributed by atoms with E-state index in [0.717, 1.165) is 31.5 Å². The minimum Gasteiger partial charge on any atom is -0.315 e. The first-order valence-corrected chi connectivity index (χ1v) is 6.51. The molecule has 0 amide bonds. The van der Waals surface area contributed by atoms with Gasteiger partial charge in [-0.3, -0.25) is 4.90 Å². The molecule has 0 saturated heterocycles. The van der Waals surface area contributed by atoms with Gasteiger partial charge in [0.1, 0.15) is 0 Å². The molecule has 1 atom stereocenters. The quantitative estimate of drug-likeness (QED) is 0.632. The van der Waals surface area contributed by atoms with Crippen molar-refractivity contribution < 1.29 is 0 Å². The fraction of sp³-hybridized carbons (Fsp3) is 0.857. The van der Waals surface area contributed by atoms with Crippen LogP contribution >= 0.6 is 0 Å².